The van der Waals surface area contributed by atoms with Gasteiger partial charge in [0.25, 0.3) is 0 Å². The minimum atomic E-state index is -2.57. The number of nitrogens with zero attached hydrogens (tertiary/aromatic N) is 4. The van der Waals surface area contributed by atoms with E-state index in [1.54, 1.807) is 30.7 Å². The molecular formula is C24H29ClN6O2. The van der Waals surface area contributed by atoms with Crippen LogP contribution in [0.25, 0.3) is 22.3 Å². The normalized spacial score (nSPS) is 12.5. The lowest BCUT2D eigenvalue weighted by Crippen LogP contribution is -2.32. The molecule has 174 valence electrons. The molecule has 0 saturated carbocycles. The summed E-state index contributed by atoms with van der Waals surface area (Å²) in [6, 6.07) is 11.3. The Labute approximate surface area is 204 Å². The summed E-state index contributed by atoms with van der Waals surface area (Å²) in [6.07, 6.45) is 5.19. The van der Waals surface area contributed by atoms with Crippen molar-refractivity contribution < 1.29 is 13.6 Å². The average Bonchev–Trinajstić information content (AvgIpc) is 3.34. The van der Waals surface area contributed by atoms with Crippen LogP contribution in [0.5, 0.6) is 11.5 Å². The zero-order valence-electron chi connectivity index (χ0n) is 21.7. The number of anilines is 2. The van der Waals surface area contributed by atoms with Crippen molar-refractivity contribution in [2.45, 2.75) is 19.9 Å². The molecule has 33 heavy (non-hydrogen) atoms. The SMILES string of the molecule is Cl.[2H]C([2H])([2H])Oc1cc(OC)cc(N(CCNC(C)C)c2ccc3ncc(-c4cn[nH]c4)nc3c2)c1. The van der Waals surface area contributed by atoms with E-state index in [4.69, 9.17) is 18.6 Å². The van der Waals surface area contributed by atoms with Gasteiger partial charge < -0.3 is 19.7 Å². The van der Waals surface area contributed by atoms with E-state index < -0.39 is 7.04 Å². The number of rotatable bonds is 9. The van der Waals surface area contributed by atoms with Crippen LogP contribution in [0.2, 0.25) is 0 Å². The fourth-order valence-corrected chi connectivity index (χ4v) is 3.46. The minimum absolute atomic E-state index is 0. The first-order chi connectivity index (χ1) is 16.7. The monoisotopic (exact) mass is 471 g/mol. The number of halogens is 1. The van der Waals surface area contributed by atoms with E-state index in [1.165, 1.54) is 7.11 Å². The van der Waals surface area contributed by atoms with Crippen molar-refractivity contribution in [1.29, 1.82) is 0 Å². The zero-order chi connectivity index (χ0) is 25.0. The Balaban J connectivity index is 0.00000361. The topological polar surface area (TPSA) is 88.2 Å². The van der Waals surface area contributed by atoms with Crippen LogP contribution in [0.1, 0.15) is 18.0 Å². The van der Waals surface area contributed by atoms with Crippen molar-refractivity contribution >= 4 is 34.8 Å². The highest BCUT2D eigenvalue weighted by atomic mass is 35.5. The van der Waals surface area contributed by atoms with E-state index in [-0.39, 0.29) is 18.2 Å². The second kappa shape index (κ2) is 11.0. The summed E-state index contributed by atoms with van der Waals surface area (Å²) in [5, 5.41) is 10.2. The van der Waals surface area contributed by atoms with Crippen molar-refractivity contribution in [1.82, 2.24) is 25.5 Å². The molecule has 0 fully saturated rings. The van der Waals surface area contributed by atoms with Crippen LogP contribution in [-0.4, -0.2) is 53.4 Å². The first-order valence-corrected chi connectivity index (χ1v) is 10.4. The van der Waals surface area contributed by atoms with Crippen LogP contribution < -0.4 is 19.7 Å². The fourth-order valence-electron chi connectivity index (χ4n) is 3.46. The third-order valence-corrected chi connectivity index (χ3v) is 5.05. The Morgan fingerprint density at radius 3 is 2.58 bits per heavy atom. The third-order valence-electron chi connectivity index (χ3n) is 5.05. The minimum Gasteiger partial charge on any atom is -0.497 e. The molecular weight excluding hydrogens is 440 g/mol. The van der Waals surface area contributed by atoms with Gasteiger partial charge in [-0.05, 0) is 18.2 Å². The highest BCUT2D eigenvalue weighted by molar-refractivity contribution is 5.85. The Morgan fingerprint density at radius 2 is 1.88 bits per heavy atom. The van der Waals surface area contributed by atoms with E-state index in [0.717, 1.165) is 28.0 Å². The summed E-state index contributed by atoms with van der Waals surface area (Å²) in [4.78, 5) is 11.4. The smallest absolute Gasteiger partial charge is 0.124 e. The second-order valence-corrected chi connectivity index (χ2v) is 7.64. The first-order valence-electron chi connectivity index (χ1n) is 11.9. The van der Waals surface area contributed by atoms with E-state index in [1.807, 2.05) is 24.3 Å². The number of aromatic amines is 1. The Hall–Kier alpha value is -3.36. The van der Waals surface area contributed by atoms with Crippen molar-refractivity contribution in [2.75, 3.05) is 32.1 Å². The van der Waals surface area contributed by atoms with Crippen molar-refractivity contribution in [3.8, 4) is 22.8 Å². The lowest BCUT2D eigenvalue weighted by Gasteiger charge is -2.27. The predicted octanol–water partition coefficient (Wildman–Crippen LogP) is 4.60. The average molecular weight is 472 g/mol. The summed E-state index contributed by atoms with van der Waals surface area (Å²) in [5.74, 6) is 0.690. The summed E-state index contributed by atoms with van der Waals surface area (Å²) < 4.78 is 33.1. The van der Waals surface area contributed by atoms with Crippen molar-refractivity contribution in [3.63, 3.8) is 0 Å². The van der Waals surface area contributed by atoms with Crippen LogP contribution in [0.3, 0.4) is 0 Å². The maximum Gasteiger partial charge on any atom is 0.124 e. The van der Waals surface area contributed by atoms with Crippen molar-refractivity contribution in [2.24, 2.45) is 0 Å². The summed E-state index contributed by atoms with van der Waals surface area (Å²) in [6.45, 7) is 5.48. The molecule has 2 aromatic carbocycles. The maximum absolute atomic E-state index is 7.49. The number of H-pyrrole nitrogens is 1. The lowest BCUT2D eigenvalue weighted by molar-refractivity contribution is 0.394. The molecule has 0 aliphatic heterocycles. The highest BCUT2D eigenvalue weighted by Crippen LogP contribution is 2.34. The lowest BCUT2D eigenvalue weighted by atomic mass is 10.2. The molecule has 0 amide bonds. The quantitative estimate of drug-likeness (QED) is 0.369. The summed E-state index contributed by atoms with van der Waals surface area (Å²) in [5.41, 5.74) is 4.65. The number of benzene rings is 2. The van der Waals surface area contributed by atoms with Gasteiger partial charge in [0.05, 0.1) is 47.4 Å². The molecule has 2 heterocycles. The highest BCUT2D eigenvalue weighted by Gasteiger charge is 2.14. The summed E-state index contributed by atoms with van der Waals surface area (Å²) in [7, 11) is -1.04. The van der Waals surface area contributed by atoms with Crippen LogP contribution in [-0.2, 0) is 0 Å². The van der Waals surface area contributed by atoms with Gasteiger partial charge in [0.1, 0.15) is 11.5 Å². The Bertz CT molecular complexity index is 1280. The molecule has 2 N–H and O–H groups in total. The van der Waals surface area contributed by atoms with E-state index in [0.29, 0.717) is 30.6 Å². The van der Waals surface area contributed by atoms with Gasteiger partial charge in [-0.2, -0.15) is 5.10 Å². The molecule has 8 nitrogen and oxygen atoms in total. The zero-order valence-corrected chi connectivity index (χ0v) is 19.5. The number of methoxy groups -OCH3 is 2. The van der Waals surface area contributed by atoms with Crippen LogP contribution in [0, 0.1) is 0 Å². The molecule has 0 aliphatic rings. The Kier molecular flexibility index (Phi) is 6.74. The molecule has 0 radical (unpaired) electrons. The molecule has 0 atom stereocenters. The van der Waals surface area contributed by atoms with Gasteiger partial charge in [0.2, 0.25) is 0 Å². The molecule has 0 unspecified atom stereocenters. The van der Waals surface area contributed by atoms with E-state index >= 15 is 0 Å². The van der Waals surface area contributed by atoms with Crippen LogP contribution >= 0.6 is 12.4 Å². The van der Waals surface area contributed by atoms with Crippen LogP contribution in [0.15, 0.2) is 55.0 Å². The molecule has 0 spiro atoms. The van der Waals surface area contributed by atoms with Gasteiger partial charge in [-0.25, -0.2) is 4.98 Å². The standard InChI is InChI=1S/C24H28N6O2.ClH/c1-16(2)25-7-8-30(19-9-20(31-3)12-21(10-19)32-4)18-5-6-22-23(11-18)29-24(15-26-22)17-13-27-28-14-17;/h5-6,9-16,25H,7-8H2,1-4H3,(H,27,28);1H/i3D3;. The number of hydrogen-bond donors (Lipinski definition) is 2. The molecule has 4 rings (SSSR count). The largest absolute Gasteiger partial charge is 0.497 e. The van der Waals surface area contributed by atoms with Crippen LogP contribution in [0.4, 0.5) is 11.4 Å². The fraction of sp³-hybridized carbons (Fsp3) is 0.292. The molecule has 0 bridgehead atoms. The van der Waals surface area contributed by atoms with E-state index in [2.05, 4.69) is 39.2 Å². The number of ether oxygens (including phenoxy) is 2. The molecule has 4 aromatic rings. The van der Waals surface area contributed by atoms with Gasteiger partial charge in [-0.3, -0.25) is 10.1 Å². The molecule has 9 heteroatoms. The predicted molar refractivity (Wildman–Crippen MR) is 134 cm³/mol. The van der Waals surface area contributed by atoms with Gasteiger partial charge in [0.15, 0.2) is 0 Å². The maximum atomic E-state index is 7.49. The second-order valence-electron chi connectivity index (χ2n) is 7.64. The van der Waals surface area contributed by atoms with E-state index in [9.17, 15) is 0 Å². The van der Waals surface area contributed by atoms with Gasteiger partial charge in [0, 0.05) is 60.5 Å². The molecule has 0 saturated heterocycles. The Morgan fingerprint density at radius 1 is 1.06 bits per heavy atom. The molecule has 0 aliphatic carbocycles. The number of aromatic nitrogens is 4. The number of nitrogens with one attached hydrogen (secondary N) is 2. The first kappa shape index (κ1) is 20.3. The molecule has 2 aromatic heterocycles. The number of hydrogen-bond acceptors (Lipinski definition) is 7. The summed E-state index contributed by atoms with van der Waals surface area (Å²) >= 11 is 0. The number of fused-ring (bicyclic) bond motifs is 1. The van der Waals surface area contributed by atoms with Gasteiger partial charge >= 0.3 is 0 Å². The van der Waals surface area contributed by atoms with Gasteiger partial charge in [-0.1, -0.05) is 13.8 Å². The van der Waals surface area contributed by atoms with Gasteiger partial charge in [-0.15, -0.1) is 12.4 Å². The van der Waals surface area contributed by atoms with Crippen molar-refractivity contribution in [3.05, 3.63) is 55.0 Å². The third kappa shape index (κ3) is 5.71.